The molecule has 1 fully saturated rings. The molecule has 1 aromatic heterocycles. The van der Waals surface area contributed by atoms with Crippen LogP contribution < -0.4 is 10.9 Å². The first-order valence-corrected chi connectivity index (χ1v) is 9.75. The number of hydrogen-bond acceptors (Lipinski definition) is 8. The van der Waals surface area contributed by atoms with Crippen molar-refractivity contribution in [2.45, 2.75) is 38.0 Å². The number of hydrazine groups is 1. The van der Waals surface area contributed by atoms with Gasteiger partial charge in [0.25, 0.3) is 17.5 Å². The minimum absolute atomic E-state index is 0.0726. The molecule has 0 radical (unpaired) electrons. The number of rotatable bonds is 3. The summed E-state index contributed by atoms with van der Waals surface area (Å²) in [5, 5.41) is 29.4. The molecule has 0 aliphatic heterocycles. The van der Waals surface area contributed by atoms with E-state index in [-0.39, 0.29) is 28.6 Å². The molecule has 0 saturated heterocycles. The summed E-state index contributed by atoms with van der Waals surface area (Å²) < 4.78 is 0. The zero-order chi connectivity index (χ0) is 23.3. The third-order valence-electron chi connectivity index (χ3n) is 6.67. The number of fused-ring (bicyclic) bond motifs is 5. The number of nitrogens with one attached hydrogen (secondary N) is 2. The molecule has 2 N–H and O–H groups in total. The molecule has 160 valence electrons. The van der Waals surface area contributed by atoms with Gasteiger partial charge < -0.3 is 0 Å². The first-order chi connectivity index (χ1) is 15.2. The summed E-state index contributed by atoms with van der Waals surface area (Å²) in [6.45, 7) is 3.81. The molecule has 2 aliphatic carbocycles. The van der Waals surface area contributed by atoms with E-state index in [1.807, 2.05) is 26.0 Å². The van der Waals surface area contributed by atoms with E-state index in [0.717, 1.165) is 0 Å². The zero-order valence-corrected chi connectivity index (χ0v) is 17.2. The van der Waals surface area contributed by atoms with Crippen LogP contribution in [0.2, 0.25) is 0 Å². The Hall–Kier alpha value is -4.38. The minimum atomic E-state index is -1.14. The second kappa shape index (κ2) is 7.10. The first-order valence-electron chi connectivity index (χ1n) is 9.75. The summed E-state index contributed by atoms with van der Waals surface area (Å²) in [5.41, 5.74) is 3.71. The van der Waals surface area contributed by atoms with Crippen LogP contribution in [0.1, 0.15) is 65.7 Å². The van der Waals surface area contributed by atoms with Crippen molar-refractivity contribution in [3.8, 4) is 12.1 Å². The minimum Gasteiger partial charge on any atom is -0.272 e. The van der Waals surface area contributed by atoms with Gasteiger partial charge in [-0.2, -0.15) is 10.5 Å². The molecule has 32 heavy (non-hydrogen) atoms. The van der Waals surface area contributed by atoms with E-state index in [0.29, 0.717) is 24.2 Å². The summed E-state index contributed by atoms with van der Waals surface area (Å²) in [4.78, 5) is 44.7. The lowest BCUT2D eigenvalue weighted by atomic mass is 9.68. The highest BCUT2D eigenvalue weighted by Crippen LogP contribution is 2.67. The molecular weight excluding hydrogens is 414 g/mol. The van der Waals surface area contributed by atoms with Gasteiger partial charge in [-0.25, -0.2) is 9.97 Å². The van der Waals surface area contributed by atoms with Crippen molar-refractivity contribution in [2.75, 3.05) is 0 Å². The van der Waals surface area contributed by atoms with Gasteiger partial charge in [0, 0.05) is 23.6 Å². The highest BCUT2D eigenvalue weighted by Gasteiger charge is 2.68. The predicted molar refractivity (Wildman–Crippen MR) is 108 cm³/mol. The van der Waals surface area contributed by atoms with Gasteiger partial charge in [-0.1, -0.05) is 13.8 Å². The van der Waals surface area contributed by atoms with Crippen molar-refractivity contribution in [2.24, 2.45) is 5.41 Å². The Labute approximate surface area is 182 Å². The maximum absolute atomic E-state index is 13.4. The van der Waals surface area contributed by atoms with Crippen molar-refractivity contribution in [3.63, 3.8) is 0 Å². The maximum Gasteiger partial charge on any atom is 0.269 e. The van der Waals surface area contributed by atoms with Crippen LogP contribution in [-0.4, -0.2) is 26.7 Å². The van der Waals surface area contributed by atoms with Gasteiger partial charge in [0.05, 0.1) is 16.3 Å². The van der Waals surface area contributed by atoms with Crippen LogP contribution in [0.15, 0.2) is 24.3 Å². The van der Waals surface area contributed by atoms with Gasteiger partial charge >= 0.3 is 0 Å². The van der Waals surface area contributed by atoms with E-state index in [1.165, 1.54) is 24.3 Å². The van der Waals surface area contributed by atoms with Crippen molar-refractivity contribution >= 4 is 17.5 Å². The number of nitro benzene ring substituents is 1. The van der Waals surface area contributed by atoms with E-state index < -0.39 is 27.6 Å². The smallest absolute Gasteiger partial charge is 0.269 e. The Kier molecular flexibility index (Phi) is 4.63. The number of nitriles is 2. The summed E-state index contributed by atoms with van der Waals surface area (Å²) in [7, 11) is 0. The molecule has 2 aliphatic rings. The van der Waals surface area contributed by atoms with Gasteiger partial charge in [-0.15, -0.1) is 0 Å². The quantitative estimate of drug-likeness (QED) is 0.545. The van der Waals surface area contributed by atoms with E-state index >= 15 is 0 Å². The molecule has 2 atom stereocenters. The molecule has 2 unspecified atom stereocenters. The average molecular weight is 431 g/mol. The Morgan fingerprint density at radius 1 is 1.12 bits per heavy atom. The average Bonchev–Trinajstić information content (AvgIpc) is 3.17. The lowest BCUT2D eigenvalue weighted by Crippen LogP contribution is -2.55. The maximum atomic E-state index is 13.4. The molecule has 11 heteroatoms. The summed E-state index contributed by atoms with van der Waals surface area (Å²) in [5.74, 6) is -1.26. The van der Waals surface area contributed by atoms with E-state index in [2.05, 4.69) is 20.8 Å². The molecular formula is C21H17N7O4. The molecule has 1 heterocycles. The number of hydrogen-bond donors (Lipinski definition) is 2. The molecule has 1 aromatic carbocycles. The largest absolute Gasteiger partial charge is 0.272 e. The number of nitrogens with zero attached hydrogens (tertiary/aromatic N) is 5. The van der Waals surface area contributed by atoms with E-state index in [9.17, 15) is 30.2 Å². The predicted octanol–water partition coefficient (Wildman–Crippen LogP) is 1.74. The zero-order valence-electron chi connectivity index (χ0n) is 17.2. The molecule has 11 nitrogen and oxygen atoms in total. The third kappa shape index (κ3) is 2.72. The number of aromatic nitrogens is 2. The molecule has 2 aromatic rings. The highest BCUT2D eigenvalue weighted by atomic mass is 16.6. The summed E-state index contributed by atoms with van der Waals surface area (Å²) in [6, 6.07) is 8.69. The fraction of sp³-hybridized carbons (Fsp3) is 0.333. The molecule has 0 spiro atoms. The topological polar surface area (TPSA) is 175 Å². The lowest BCUT2D eigenvalue weighted by Gasteiger charge is -2.36. The SMILES string of the molecule is CC1(C)C2CCC1(C(=O)NNC(=O)c1ccc([N+](=O)[O-])cc1)c1nc(C#N)c(C#N)nc12. The normalized spacial score (nSPS) is 21.7. The number of carbonyl (C=O) groups excluding carboxylic acids is 2. The van der Waals surface area contributed by atoms with Crippen LogP contribution in [0, 0.1) is 38.2 Å². The van der Waals surface area contributed by atoms with E-state index in [1.54, 1.807) is 0 Å². The molecule has 4 rings (SSSR count). The van der Waals surface area contributed by atoms with Crippen molar-refractivity contribution in [3.05, 3.63) is 62.7 Å². The van der Waals surface area contributed by atoms with Crippen LogP contribution in [0.3, 0.4) is 0 Å². The monoisotopic (exact) mass is 431 g/mol. The van der Waals surface area contributed by atoms with Gasteiger partial charge in [0.2, 0.25) is 0 Å². The van der Waals surface area contributed by atoms with Crippen molar-refractivity contribution in [1.29, 1.82) is 10.5 Å². The van der Waals surface area contributed by atoms with Crippen LogP contribution in [0.4, 0.5) is 5.69 Å². The number of benzene rings is 1. The van der Waals surface area contributed by atoms with Crippen LogP contribution in [0.25, 0.3) is 0 Å². The number of nitro groups is 1. The standard InChI is InChI=1S/C21H17N7O4/c1-20(2)13-7-8-21(20,17-16(13)24-14(9-22)15(10-23)25-17)19(30)27-26-18(29)11-3-5-12(6-4-11)28(31)32/h3-6,13H,7-8H2,1-2H3,(H,26,29)(H,27,30). The Bertz CT molecular complexity index is 1260. The third-order valence-corrected chi connectivity index (χ3v) is 6.67. The summed E-state index contributed by atoms with van der Waals surface area (Å²) >= 11 is 0. The van der Waals surface area contributed by atoms with Crippen LogP contribution in [0.5, 0.6) is 0 Å². The summed E-state index contributed by atoms with van der Waals surface area (Å²) in [6.07, 6.45) is 1.09. The van der Waals surface area contributed by atoms with Crippen LogP contribution in [-0.2, 0) is 10.2 Å². The number of amides is 2. The fourth-order valence-corrected chi connectivity index (χ4v) is 4.95. The Morgan fingerprint density at radius 3 is 2.34 bits per heavy atom. The Morgan fingerprint density at radius 2 is 1.75 bits per heavy atom. The van der Waals surface area contributed by atoms with E-state index in [4.69, 9.17) is 0 Å². The Balaban J connectivity index is 1.62. The van der Waals surface area contributed by atoms with Gasteiger partial charge in [0.1, 0.15) is 17.6 Å². The van der Waals surface area contributed by atoms with Gasteiger partial charge in [-0.3, -0.25) is 30.6 Å². The second-order valence-electron chi connectivity index (χ2n) is 8.31. The van der Waals surface area contributed by atoms with Gasteiger partial charge in [-0.05, 0) is 30.4 Å². The molecule has 1 saturated carbocycles. The highest BCUT2D eigenvalue weighted by molar-refractivity contribution is 5.97. The fourth-order valence-electron chi connectivity index (χ4n) is 4.95. The van der Waals surface area contributed by atoms with Crippen molar-refractivity contribution < 1.29 is 14.5 Å². The van der Waals surface area contributed by atoms with Crippen molar-refractivity contribution in [1.82, 2.24) is 20.8 Å². The first kappa shape index (κ1) is 20.9. The number of carbonyl (C=O) groups is 2. The molecule has 2 amide bonds. The molecule has 2 bridgehead atoms. The van der Waals surface area contributed by atoms with Crippen LogP contribution >= 0.6 is 0 Å². The number of non-ortho nitro benzene ring substituents is 1. The lowest BCUT2D eigenvalue weighted by molar-refractivity contribution is -0.384. The van der Waals surface area contributed by atoms with Gasteiger partial charge in [0.15, 0.2) is 11.4 Å². The second-order valence-corrected chi connectivity index (χ2v) is 8.31.